The number of anilines is 2. The molecule has 12 nitrogen and oxygen atoms in total. The predicted molar refractivity (Wildman–Crippen MR) is 182 cm³/mol. The van der Waals surface area contributed by atoms with Crippen molar-refractivity contribution in [1.29, 1.82) is 0 Å². The number of nitrogens with one attached hydrogen (secondary N) is 4. The highest BCUT2D eigenvalue weighted by Crippen LogP contribution is 2.31. The van der Waals surface area contributed by atoms with Gasteiger partial charge in [-0.2, -0.15) is 5.21 Å². The summed E-state index contributed by atoms with van der Waals surface area (Å²) < 4.78 is 5.41. The highest BCUT2D eigenvalue weighted by Gasteiger charge is 2.29. The molecule has 48 heavy (non-hydrogen) atoms. The van der Waals surface area contributed by atoms with Gasteiger partial charge in [0.05, 0.1) is 0 Å². The number of aromatic nitrogens is 4. The number of aromatic amines is 1. The Balaban J connectivity index is 1.16. The Kier molecular flexibility index (Phi) is 10.8. The maximum Gasteiger partial charge on any atom is 0.247 e. The molecule has 6 N–H and O–H groups in total. The zero-order chi connectivity index (χ0) is 33.3. The molecule has 250 valence electrons. The van der Waals surface area contributed by atoms with E-state index in [1.165, 1.54) is 0 Å². The van der Waals surface area contributed by atoms with E-state index in [0.717, 1.165) is 53.6 Å². The van der Waals surface area contributed by atoms with E-state index in [1.54, 1.807) is 24.3 Å². The zero-order valence-corrected chi connectivity index (χ0v) is 26.9. The van der Waals surface area contributed by atoms with E-state index in [-0.39, 0.29) is 29.6 Å². The number of amides is 3. The number of nitrogens with zero attached hydrogens (tertiary/aromatic N) is 3. The number of ether oxygens (including phenoxy) is 1. The van der Waals surface area contributed by atoms with Gasteiger partial charge in [0.2, 0.25) is 23.5 Å². The minimum atomic E-state index is -0.793. The molecule has 2 fully saturated rings. The summed E-state index contributed by atoms with van der Waals surface area (Å²) in [6.07, 6.45) is 5.09. The molecule has 1 saturated carbocycles. The number of benzene rings is 3. The summed E-state index contributed by atoms with van der Waals surface area (Å²) in [7, 11) is 0. The van der Waals surface area contributed by atoms with Crippen LogP contribution in [0.1, 0.15) is 44.1 Å². The van der Waals surface area contributed by atoms with Crippen molar-refractivity contribution in [2.75, 3.05) is 30.4 Å². The topological polar surface area (TPSA) is 177 Å². The lowest BCUT2D eigenvalue weighted by Crippen LogP contribution is -2.48. The zero-order valence-electron chi connectivity index (χ0n) is 26.9. The highest BCUT2D eigenvalue weighted by molar-refractivity contribution is 5.98. The number of H-pyrrole nitrogens is 1. The molecule has 2 heterocycles. The molecule has 1 saturated heterocycles. The van der Waals surface area contributed by atoms with Crippen molar-refractivity contribution in [2.24, 2.45) is 23.5 Å². The number of hydrogen-bond acceptors (Lipinski definition) is 8. The largest absolute Gasteiger partial charge is 0.381 e. The maximum absolute atomic E-state index is 13.7. The SMILES string of the molecule is NC[C@H]1CC[C@H](C(=O)N[C@@H](Cc2ccc(-c3ccccc3NC(=O)C3CCOCC3)cc2)C(=O)Nc2ccc(-c3nn[nH]n3)cc2)CC1. The lowest BCUT2D eigenvalue weighted by Gasteiger charge is -2.28. The van der Waals surface area contributed by atoms with Crippen molar-refractivity contribution in [2.45, 2.75) is 51.0 Å². The van der Waals surface area contributed by atoms with E-state index >= 15 is 0 Å². The molecule has 2 aliphatic rings. The maximum atomic E-state index is 13.7. The van der Waals surface area contributed by atoms with E-state index in [2.05, 4.69) is 36.6 Å². The lowest BCUT2D eigenvalue weighted by molar-refractivity contribution is -0.130. The Morgan fingerprint density at radius 1 is 0.812 bits per heavy atom. The number of hydrogen-bond donors (Lipinski definition) is 5. The fraction of sp³-hybridized carbons (Fsp3) is 0.389. The van der Waals surface area contributed by atoms with Crippen molar-refractivity contribution in [1.82, 2.24) is 25.9 Å². The molecule has 3 amide bonds. The van der Waals surface area contributed by atoms with Gasteiger partial charge in [0.1, 0.15) is 6.04 Å². The average molecular weight is 651 g/mol. The van der Waals surface area contributed by atoms with E-state index < -0.39 is 6.04 Å². The molecule has 1 atom stereocenters. The summed E-state index contributed by atoms with van der Waals surface area (Å²) in [5, 5.41) is 23.1. The molecule has 4 aromatic rings. The minimum absolute atomic E-state index is 0.00734. The normalized spacial score (nSPS) is 18.9. The first kappa shape index (κ1) is 33.0. The summed E-state index contributed by atoms with van der Waals surface area (Å²) in [5.74, 6) is 0.282. The summed E-state index contributed by atoms with van der Waals surface area (Å²) in [5.41, 5.74) is 10.7. The summed E-state index contributed by atoms with van der Waals surface area (Å²) in [6, 6.07) is 22.0. The van der Waals surface area contributed by atoms with Crippen LogP contribution in [0.2, 0.25) is 0 Å². The summed E-state index contributed by atoms with van der Waals surface area (Å²) in [6.45, 7) is 1.83. The van der Waals surface area contributed by atoms with Crippen LogP contribution in [0.4, 0.5) is 11.4 Å². The third-order valence-electron chi connectivity index (χ3n) is 9.42. The van der Waals surface area contributed by atoms with Crippen LogP contribution >= 0.6 is 0 Å². The summed E-state index contributed by atoms with van der Waals surface area (Å²) in [4.78, 5) is 40.1. The first-order chi connectivity index (χ1) is 23.5. The highest BCUT2D eigenvalue weighted by atomic mass is 16.5. The molecule has 0 spiro atoms. The van der Waals surface area contributed by atoms with E-state index in [0.29, 0.717) is 56.5 Å². The van der Waals surface area contributed by atoms with Crippen LogP contribution in [0.5, 0.6) is 0 Å². The van der Waals surface area contributed by atoms with Crippen molar-refractivity contribution in [3.05, 3.63) is 78.4 Å². The van der Waals surface area contributed by atoms with Crippen LogP contribution in [-0.4, -0.2) is 64.1 Å². The third kappa shape index (κ3) is 8.31. The van der Waals surface area contributed by atoms with Gasteiger partial charge < -0.3 is 26.4 Å². The fourth-order valence-corrected chi connectivity index (χ4v) is 6.47. The minimum Gasteiger partial charge on any atom is -0.381 e. The van der Waals surface area contributed by atoms with Gasteiger partial charge in [-0.1, -0.05) is 42.5 Å². The molecule has 1 aliphatic carbocycles. The van der Waals surface area contributed by atoms with Crippen molar-refractivity contribution in [3.63, 3.8) is 0 Å². The third-order valence-corrected chi connectivity index (χ3v) is 9.42. The second-order valence-electron chi connectivity index (χ2n) is 12.6. The fourth-order valence-electron chi connectivity index (χ4n) is 6.47. The molecule has 0 radical (unpaired) electrons. The Bertz CT molecular complexity index is 1660. The van der Waals surface area contributed by atoms with Gasteiger partial charge >= 0.3 is 0 Å². The van der Waals surface area contributed by atoms with E-state index in [4.69, 9.17) is 10.5 Å². The van der Waals surface area contributed by atoms with Gasteiger partial charge in [-0.05, 0) is 97.7 Å². The summed E-state index contributed by atoms with van der Waals surface area (Å²) >= 11 is 0. The molecule has 3 aromatic carbocycles. The standard InChI is InChI=1S/C36H42N8O4/c37-22-24-7-11-27(12-8-24)34(45)40-32(36(47)38-29-15-13-26(14-16-29)33-41-43-44-42-33)21-23-5-9-25(10-6-23)30-3-1-2-4-31(30)39-35(46)28-17-19-48-20-18-28/h1-6,9-10,13-16,24,27-28,32H,7-8,11-12,17-22,37H2,(H,38,47)(H,39,46)(H,40,45)(H,41,42,43,44)/t24-,27-,32-/m0/s1. The lowest BCUT2D eigenvalue weighted by atomic mass is 9.81. The monoisotopic (exact) mass is 650 g/mol. The number of para-hydroxylation sites is 1. The van der Waals surface area contributed by atoms with Crippen LogP contribution in [-0.2, 0) is 25.5 Å². The van der Waals surface area contributed by atoms with Gasteiger partial charge in [-0.3, -0.25) is 14.4 Å². The molecule has 12 heteroatoms. The van der Waals surface area contributed by atoms with Crippen LogP contribution in [0.15, 0.2) is 72.8 Å². The van der Waals surface area contributed by atoms with Crippen molar-refractivity contribution in [3.8, 4) is 22.5 Å². The van der Waals surface area contributed by atoms with Crippen LogP contribution in [0.3, 0.4) is 0 Å². The van der Waals surface area contributed by atoms with Gasteiger partial charge in [0.15, 0.2) is 0 Å². The Hall–Kier alpha value is -4.94. The number of carbonyl (C=O) groups excluding carboxylic acids is 3. The average Bonchev–Trinajstić information content (AvgIpc) is 3.68. The van der Waals surface area contributed by atoms with Crippen LogP contribution in [0.25, 0.3) is 22.5 Å². The molecule has 0 bridgehead atoms. The van der Waals surface area contributed by atoms with E-state index in [1.807, 2.05) is 48.5 Å². The van der Waals surface area contributed by atoms with Gasteiger partial charge in [-0.25, -0.2) is 0 Å². The first-order valence-corrected chi connectivity index (χ1v) is 16.7. The number of tetrazole rings is 1. The van der Waals surface area contributed by atoms with Gasteiger partial charge in [0, 0.05) is 54.0 Å². The number of rotatable bonds is 11. The Morgan fingerprint density at radius 2 is 1.50 bits per heavy atom. The molecule has 0 unspecified atom stereocenters. The van der Waals surface area contributed by atoms with Crippen molar-refractivity contribution >= 4 is 29.1 Å². The quantitative estimate of drug-likeness (QED) is 0.159. The van der Waals surface area contributed by atoms with E-state index in [9.17, 15) is 14.4 Å². The van der Waals surface area contributed by atoms with Crippen LogP contribution < -0.4 is 21.7 Å². The molecule has 6 rings (SSSR count). The first-order valence-electron chi connectivity index (χ1n) is 16.7. The second kappa shape index (κ2) is 15.8. The number of carbonyl (C=O) groups is 3. The molecular weight excluding hydrogens is 608 g/mol. The van der Waals surface area contributed by atoms with Crippen molar-refractivity contribution < 1.29 is 19.1 Å². The number of nitrogens with two attached hydrogens (primary N) is 1. The smallest absolute Gasteiger partial charge is 0.247 e. The van der Waals surface area contributed by atoms with Gasteiger partial charge in [-0.15, -0.1) is 10.2 Å². The Morgan fingerprint density at radius 3 is 2.19 bits per heavy atom. The predicted octanol–water partition coefficient (Wildman–Crippen LogP) is 4.33. The van der Waals surface area contributed by atoms with Crippen LogP contribution in [0, 0.1) is 17.8 Å². The molecule has 1 aliphatic heterocycles. The van der Waals surface area contributed by atoms with Gasteiger partial charge in [0.25, 0.3) is 0 Å². The Labute approximate surface area is 279 Å². The molecular formula is C36H42N8O4. The molecule has 1 aromatic heterocycles. The second-order valence-corrected chi connectivity index (χ2v) is 12.6.